The Morgan fingerprint density at radius 3 is 1.83 bits per heavy atom. The molecule has 0 bridgehead atoms. The minimum atomic E-state index is -0.561. The Morgan fingerprint density at radius 2 is 1.39 bits per heavy atom. The Balaban J connectivity index is 2.26. The van der Waals surface area contributed by atoms with Crippen molar-refractivity contribution in [2.24, 2.45) is 5.92 Å². The van der Waals surface area contributed by atoms with E-state index in [4.69, 9.17) is 0 Å². The molecule has 0 aliphatic rings. The Labute approximate surface area is 136 Å². The van der Waals surface area contributed by atoms with Crippen molar-refractivity contribution in [2.45, 2.75) is 32.4 Å². The van der Waals surface area contributed by atoms with Gasteiger partial charge in [0.2, 0.25) is 0 Å². The average molecular weight is 319 g/mol. The summed E-state index contributed by atoms with van der Waals surface area (Å²) in [4.78, 5) is 0. The van der Waals surface area contributed by atoms with Crippen LogP contribution in [0.25, 0.3) is 0 Å². The molecular weight excluding hydrogens is 296 g/mol. The van der Waals surface area contributed by atoms with Crippen molar-refractivity contribution < 1.29 is 13.9 Å². The number of hydrogen-bond donors (Lipinski definition) is 2. The van der Waals surface area contributed by atoms with Crippen LogP contribution in [0, 0.1) is 17.6 Å². The number of nitrogens with one attached hydrogen (secondary N) is 1. The molecule has 0 heterocycles. The summed E-state index contributed by atoms with van der Waals surface area (Å²) in [6.45, 7) is 4.29. The molecule has 0 spiro atoms. The molecule has 2 atom stereocenters. The van der Waals surface area contributed by atoms with Crippen LogP contribution in [0.1, 0.15) is 37.4 Å². The summed E-state index contributed by atoms with van der Waals surface area (Å²) in [6, 6.07) is 12.3. The minimum Gasteiger partial charge on any atom is -0.393 e. The zero-order chi connectivity index (χ0) is 16.8. The van der Waals surface area contributed by atoms with Crippen LogP contribution in [0.4, 0.5) is 8.78 Å². The second-order valence-corrected chi connectivity index (χ2v) is 6.07. The van der Waals surface area contributed by atoms with Gasteiger partial charge in [0.05, 0.1) is 12.1 Å². The van der Waals surface area contributed by atoms with Gasteiger partial charge in [-0.2, -0.15) is 0 Å². The lowest BCUT2D eigenvalue weighted by Gasteiger charge is -2.23. The van der Waals surface area contributed by atoms with E-state index in [-0.39, 0.29) is 17.6 Å². The third-order valence-corrected chi connectivity index (χ3v) is 3.85. The van der Waals surface area contributed by atoms with E-state index in [1.807, 2.05) is 6.92 Å². The Hall–Kier alpha value is -1.78. The minimum absolute atomic E-state index is 0.191. The van der Waals surface area contributed by atoms with E-state index in [1.165, 1.54) is 12.1 Å². The van der Waals surface area contributed by atoms with Gasteiger partial charge in [-0.3, -0.25) is 0 Å². The molecule has 2 aromatic rings. The monoisotopic (exact) mass is 319 g/mol. The molecule has 0 amide bonds. The molecule has 0 fully saturated rings. The van der Waals surface area contributed by atoms with Crippen LogP contribution in [0.5, 0.6) is 0 Å². The Morgan fingerprint density at radius 1 is 0.913 bits per heavy atom. The van der Waals surface area contributed by atoms with Crippen LogP contribution < -0.4 is 5.32 Å². The molecule has 2 N–H and O–H groups in total. The zero-order valence-electron chi connectivity index (χ0n) is 13.5. The molecule has 2 aromatic carbocycles. The van der Waals surface area contributed by atoms with Crippen molar-refractivity contribution in [3.8, 4) is 0 Å². The quantitative estimate of drug-likeness (QED) is 0.807. The number of benzene rings is 2. The highest BCUT2D eigenvalue weighted by atomic mass is 19.1. The molecular formula is C19H23F2NO. The third kappa shape index (κ3) is 4.85. The van der Waals surface area contributed by atoms with Gasteiger partial charge in [-0.25, -0.2) is 8.78 Å². The first-order chi connectivity index (χ1) is 11.0. The van der Waals surface area contributed by atoms with Gasteiger partial charge in [0.25, 0.3) is 0 Å². The molecule has 124 valence electrons. The van der Waals surface area contributed by atoms with Crippen LogP contribution >= 0.6 is 0 Å². The summed E-state index contributed by atoms with van der Waals surface area (Å²) < 4.78 is 28.4. The molecule has 0 aromatic heterocycles. The SMILES string of the molecule is CC(O)CC(C)CNC(c1ccccc1F)c1ccccc1F. The number of rotatable bonds is 7. The fraction of sp³-hybridized carbons (Fsp3) is 0.368. The number of halogens is 2. The topological polar surface area (TPSA) is 32.3 Å². The first-order valence-corrected chi connectivity index (χ1v) is 7.89. The van der Waals surface area contributed by atoms with Gasteiger partial charge in [0.1, 0.15) is 11.6 Å². The summed E-state index contributed by atoms with van der Waals surface area (Å²) in [5.41, 5.74) is 0.837. The fourth-order valence-corrected chi connectivity index (χ4v) is 2.79. The van der Waals surface area contributed by atoms with Gasteiger partial charge < -0.3 is 10.4 Å². The number of aliphatic hydroxyl groups is 1. The summed E-state index contributed by atoms with van der Waals surface area (Å²) in [7, 11) is 0. The van der Waals surface area contributed by atoms with Crippen molar-refractivity contribution in [3.05, 3.63) is 71.3 Å². The van der Waals surface area contributed by atoms with Crippen molar-refractivity contribution in [2.75, 3.05) is 6.54 Å². The van der Waals surface area contributed by atoms with E-state index in [0.29, 0.717) is 24.1 Å². The lowest BCUT2D eigenvalue weighted by atomic mass is 9.96. The second kappa shape index (κ2) is 8.18. The van der Waals surface area contributed by atoms with Crippen molar-refractivity contribution in [1.29, 1.82) is 0 Å². The Kier molecular flexibility index (Phi) is 6.25. The van der Waals surface area contributed by atoms with Gasteiger partial charge in [0.15, 0.2) is 0 Å². The van der Waals surface area contributed by atoms with Crippen molar-refractivity contribution >= 4 is 0 Å². The first kappa shape index (κ1) is 17.6. The highest BCUT2D eigenvalue weighted by Gasteiger charge is 2.21. The molecule has 0 aliphatic carbocycles. The standard InChI is InChI=1S/C19H23F2NO/c1-13(11-14(2)23)12-22-19(15-7-3-5-9-17(15)20)16-8-4-6-10-18(16)21/h3-10,13-14,19,22-23H,11-12H2,1-2H3. The highest BCUT2D eigenvalue weighted by molar-refractivity contribution is 5.33. The van der Waals surface area contributed by atoms with Gasteiger partial charge >= 0.3 is 0 Å². The Bertz CT molecular complexity index is 585. The predicted octanol–water partition coefficient (Wildman–Crippen LogP) is 4.05. The molecule has 0 aliphatic heterocycles. The molecule has 0 saturated carbocycles. The molecule has 2 unspecified atom stereocenters. The fourth-order valence-electron chi connectivity index (χ4n) is 2.79. The van der Waals surface area contributed by atoms with E-state index >= 15 is 0 Å². The maximum atomic E-state index is 14.2. The lowest BCUT2D eigenvalue weighted by Crippen LogP contribution is -2.29. The molecule has 2 nitrogen and oxygen atoms in total. The molecule has 0 saturated heterocycles. The number of hydrogen-bond acceptors (Lipinski definition) is 2. The summed E-state index contributed by atoms with van der Waals surface area (Å²) in [5, 5.41) is 12.7. The summed E-state index contributed by atoms with van der Waals surface area (Å²) >= 11 is 0. The van der Waals surface area contributed by atoms with E-state index in [2.05, 4.69) is 5.32 Å². The van der Waals surface area contributed by atoms with Gasteiger partial charge in [-0.05, 0) is 37.9 Å². The normalized spacial score (nSPS) is 14.0. The summed E-state index contributed by atoms with van der Waals surface area (Å²) in [5.74, 6) is -0.538. The van der Waals surface area contributed by atoms with E-state index in [0.717, 1.165) is 0 Å². The van der Waals surface area contributed by atoms with Crippen LogP contribution in [-0.4, -0.2) is 17.8 Å². The van der Waals surface area contributed by atoms with Crippen LogP contribution in [-0.2, 0) is 0 Å². The van der Waals surface area contributed by atoms with Crippen molar-refractivity contribution in [3.63, 3.8) is 0 Å². The third-order valence-electron chi connectivity index (χ3n) is 3.85. The van der Waals surface area contributed by atoms with E-state index < -0.39 is 12.1 Å². The van der Waals surface area contributed by atoms with E-state index in [9.17, 15) is 13.9 Å². The maximum absolute atomic E-state index is 14.2. The smallest absolute Gasteiger partial charge is 0.128 e. The zero-order valence-corrected chi connectivity index (χ0v) is 13.5. The lowest BCUT2D eigenvalue weighted by molar-refractivity contribution is 0.162. The van der Waals surface area contributed by atoms with Gasteiger partial charge in [-0.1, -0.05) is 43.3 Å². The second-order valence-electron chi connectivity index (χ2n) is 6.07. The van der Waals surface area contributed by atoms with Crippen LogP contribution in [0.3, 0.4) is 0 Å². The first-order valence-electron chi connectivity index (χ1n) is 7.89. The predicted molar refractivity (Wildman–Crippen MR) is 88.1 cm³/mol. The summed E-state index contributed by atoms with van der Waals surface area (Å²) in [6.07, 6.45) is 0.237. The molecule has 4 heteroatoms. The van der Waals surface area contributed by atoms with Crippen LogP contribution in [0.15, 0.2) is 48.5 Å². The van der Waals surface area contributed by atoms with Gasteiger partial charge in [0, 0.05) is 11.1 Å². The van der Waals surface area contributed by atoms with E-state index in [1.54, 1.807) is 43.3 Å². The largest absolute Gasteiger partial charge is 0.393 e. The molecule has 2 rings (SSSR count). The van der Waals surface area contributed by atoms with Crippen LogP contribution in [0.2, 0.25) is 0 Å². The molecule has 23 heavy (non-hydrogen) atoms. The average Bonchev–Trinajstić information content (AvgIpc) is 2.50. The van der Waals surface area contributed by atoms with Crippen molar-refractivity contribution in [1.82, 2.24) is 5.32 Å². The van der Waals surface area contributed by atoms with Gasteiger partial charge in [-0.15, -0.1) is 0 Å². The number of aliphatic hydroxyl groups excluding tert-OH is 1. The molecule has 0 radical (unpaired) electrons. The maximum Gasteiger partial charge on any atom is 0.128 e. The highest BCUT2D eigenvalue weighted by Crippen LogP contribution is 2.26.